The van der Waals surface area contributed by atoms with Gasteiger partial charge in [-0.25, -0.2) is 16.8 Å². The minimum atomic E-state index is -3.60. The molecule has 0 saturated carbocycles. The summed E-state index contributed by atoms with van der Waals surface area (Å²) >= 11 is 0. The van der Waals surface area contributed by atoms with Crippen molar-refractivity contribution >= 4 is 25.5 Å². The number of rotatable bonds is 9. The summed E-state index contributed by atoms with van der Waals surface area (Å²) in [7, 11) is -7.01. The van der Waals surface area contributed by atoms with Gasteiger partial charge in [-0.1, -0.05) is 20.3 Å². The predicted octanol–water partition coefficient (Wildman–Crippen LogP) is 1.77. The quantitative estimate of drug-likeness (QED) is 0.708. The molecule has 0 bridgehead atoms. The highest BCUT2D eigenvalue weighted by atomic mass is 32.2. The molecule has 0 radical (unpaired) electrons. The lowest BCUT2D eigenvalue weighted by atomic mass is 10.3. The van der Waals surface area contributed by atoms with Gasteiger partial charge in [-0.2, -0.15) is 0 Å². The zero-order valence-corrected chi connectivity index (χ0v) is 14.5. The van der Waals surface area contributed by atoms with Crippen molar-refractivity contribution in [1.82, 2.24) is 0 Å². The van der Waals surface area contributed by atoms with Gasteiger partial charge in [-0.15, -0.1) is 0 Å². The van der Waals surface area contributed by atoms with E-state index in [0.29, 0.717) is 18.5 Å². The predicted molar refractivity (Wildman–Crippen MR) is 87.1 cm³/mol. The fourth-order valence-corrected chi connectivity index (χ4v) is 4.72. The van der Waals surface area contributed by atoms with Crippen molar-refractivity contribution in [3.8, 4) is 0 Å². The summed E-state index contributed by atoms with van der Waals surface area (Å²) in [6, 6.07) is 5.54. The van der Waals surface area contributed by atoms with Crippen LogP contribution in [0.15, 0.2) is 29.2 Å². The van der Waals surface area contributed by atoms with Crippen LogP contribution in [0.4, 0.5) is 5.69 Å². The van der Waals surface area contributed by atoms with Gasteiger partial charge >= 0.3 is 0 Å². The number of aliphatic hydroxyl groups is 1. The van der Waals surface area contributed by atoms with Crippen LogP contribution in [0, 0.1) is 0 Å². The van der Waals surface area contributed by atoms with E-state index >= 15 is 0 Å². The molecule has 22 heavy (non-hydrogen) atoms. The summed E-state index contributed by atoms with van der Waals surface area (Å²) in [6.45, 7) is 3.15. The first kappa shape index (κ1) is 18.9. The van der Waals surface area contributed by atoms with Crippen molar-refractivity contribution in [2.45, 2.75) is 43.3 Å². The molecule has 1 aromatic rings. The van der Waals surface area contributed by atoms with Gasteiger partial charge in [-0.3, -0.25) is 4.72 Å². The molecule has 1 aromatic carbocycles. The molecule has 0 fully saturated rings. The molecule has 0 aliphatic carbocycles. The highest BCUT2D eigenvalue weighted by Crippen LogP contribution is 2.21. The third-order valence-corrected chi connectivity index (χ3v) is 6.98. The summed E-state index contributed by atoms with van der Waals surface area (Å²) in [5.41, 5.74) is 0.326. The van der Waals surface area contributed by atoms with Gasteiger partial charge in [0.2, 0.25) is 10.0 Å². The lowest BCUT2D eigenvalue weighted by Crippen LogP contribution is -2.24. The van der Waals surface area contributed by atoms with Gasteiger partial charge in [-0.05, 0) is 37.1 Å². The van der Waals surface area contributed by atoms with Crippen LogP contribution in [0.5, 0.6) is 0 Å². The van der Waals surface area contributed by atoms with Crippen LogP contribution < -0.4 is 4.72 Å². The standard InChI is InChI=1S/C14H23NO5S2/c1-3-5-10-21(17,18)15-12-6-8-14(9-7-12)22(19,20)13(4-2)11-16/h6-9,13,15-16H,3-5,10-11H2,1-2H3. The molecule has 2 N–H and O–H groups in total. The fraction of sp³-hybridized carbons (Fsp3) is 0.571. The Balaban J connectivity index is 2.92. The lowest BCUT2D eigenvalue weighted by Gasteiger charge is -2.14. The maximum atomic E-state index is 12.2. The van der Waals surface area contributed by atoms with Crippen LogP contribution in [0.1, 0.15) is 33.1 Å². The maximum Gasteiger partial charge on any atom is 0.232 e. The maximum absolute atomic E-state index is 12.2. The number of aliphatic hydroxyl groups excluding tert-OH is 1. The molecule has 1 atom stereocenters. The SMILES string of the molecule is CCCCS(=O)(=O)Nc1ccc(S(=O)(=O)C(CC)CO)cc1. The number of benzene rings is 1. The molecule has 126 valence electrons. The third-order valence-electron chi connectivity index (χ3n) is 3.32. The number of anilines is 1. The topological polar surface area (TPSA) is 101 Å². The second-order valence-electron chi connectivity index (χ2n) is 5.06. The molecule has 6 nitrogen and oxygen atoms in total. The summed E-state index contributed by atoms with van der Waals surface area (Å²) in [5, 5.41) is 8.29. The molecule has 8 heteroatoms. The van der Waals surface area contributed by atoms with Crippen molar-refractivity contribution in [1.29, 1.82) is 0 Å². The zero-order chi connectivity index (χ0) is 16.8. The van der Waals surface area contributed by atoms with Gasteiger partial charge in [0.25, 0.3) is 0 Å². The summed E-state index contributed by atoms with van der Waals surface area (Å²) < 4.78 is 50.4. The van der Waals surface area contributed by atoms with E-state index in [0.717, 1.165) is 6.42 Å². The van der Waals surface area contributed by atoms with Crippen LogP contribution in [0.3, 0.4) is 0 Å². The Bertz CT molecular complexity index is 662. The van der Waals surface area contributed by atoms with Crippen LogP contribution >= 0.6 is 0 Å². The summed E-state index contributed by atoms with van der Waals surface area (Å²) in [4.78, 5) is 0.0740. The minimum Gasteiger partial charge on any atom is -0.395 e. The minimum absolute atomic E-state index is 0.0337. The number of unbranched alkanes of at least 4 members (excludes halogenated alkanes) is 1. The van der Waals surface area contributed by atoms with Gasteiger partial charge in [0.05, 0.1) is 22.5 Å². The number of hydrogen-bond acceptors (Lipinski definition) is 5. The molecule has 1 unspecified atom stereocenters. The van der Waals surface area contributed by atoms with Crippen molar-refractivity contribution in [3.05, 3.63) is 24.3 Å². The molecule has 0 aliphatic heterocycles. The zero-order valence-electron chi connectivity index (χ0n) is 12.8. The second kappa shape index (κ2) is 7.94. The van der Waals surface area contributed by atoms with E-state index in [-0.39, 0.29) is 10.6 Å². The van der Waals surface area contributed by atoms with Crippen molar-refractivity contribution in [3.63, 3.8) is 0 Å². The molecule has 0 amide bonds. The summed E-state index contributed by atoms with van der Waals surface area (Å²) in [5.74, 6) is 0.0337. The Kier molecular flexibility index (Phi) is 6.83. The van der Waals surface area contributed by atoms with E-state index in [9.17, 15) is 16.8 Å². The monoisotopic (exact) mass is 349 g/mol. The van der Waals surface area contributed by atoms with Gasteiger partial charge < -0.3 is 5.11 Å². The molecule has 0 saturated heterocycles. The normalized spacial score (nSPS) is 13.8. The van der Waals surface area contributed by atoms with Crippen molar-refractivity contribution in [2.75, 3.05) is 17.1 Å². The number of sulfone groups is 1. The highest BCUT2D eigenvalue weighted by molar-refractivity contribution is 7.92. The first-order valence-corrected chi connectivity index (χ1v) is 10.4. The average Bonchev–Trinajstić information content (AvgIpc) is 2.46. The van der Waals surface area contributed by atoms with Crippen LogP contribution in [0.2, 0.25) is 0 Å². The van der Waals surface area contributed by atoms with E-state index in [4.69, 9.17) is 5.11 Å². The Morgan fingerprint density at radius 2 is 1.68 bits per heavy atom. The van der Waals surface area contributed by atoms with Gasteiger partial charge in [0, 0.05) is 5.69 Å². The van der Waals surface area contributed by atoms with E-state index in [1.807, 2.05) is 6.92 Å². The molecule has 0 spiro atoms. The Labute approximate surface area is 132 Å². The van der Waals surface area contributed by atoms with E-state index in [1.165, 1.54) is 24.3 Å². The molecule has 1 rings (SSSR count). The number of sulfonamides is 1. The first-order chi connectivity index (χ1) is 10.3. The Morgan fingerprint density at radius 1 is 1.09 bits per heavy atom. The number of hydrogen-bond donors (Lipinski definition) is 2. The van der Waals surface area contributed by atoms with E-state index < -0.39 is 31.7 Å². The van der Waals surface area contributed by atoms with Crippen LogP contribution in [0.25, 0.3) is 0 Å². The Hall–Kier alpha value is -1.12. The molecular weight excluding hydrogens is 326 g/mol. The van der Waals surface area contributed by atoms with Crippen molar-refractivity contribution in [2.24, 2.45) is 0 Å². The molecule has 0 heterocycles. The van der Waals surface area contributed by atoms with E-state index in [1.54, 1.807) is 6.92 Å². The largest absolute Gasteiger partial charge is 0.395 e. The van der Waals surface area contributed by atoms with Crippen LogP contribution in [-0.2, 0) is 19.9 Å². The molecule has 0 aromatic heterocycles. The number of nitrogens with one attached hydrogen (secondary N) is 1. The molecule has 0 aliphatic rings. The average molecular weight is 349 g/mol. The smallest absolute Gasteiger partial charge is 0.232 e. The first-order valence-electron chi connectivity index (χ1n) is 7.22. The molecular formula is C14H23NO5S2. The second-order valence-corrected chi connectivity index (χ2v) is 9.13. The lowest BCUT2D eigenvalue weighted by molar-refractivity contribution is 0.287. The van der Waals surface area contributed by atoms with Crippen LogP contribution in [-0.4, -0.2) is 39.6 Å². The highest BCUT2D eigenvalue weighted by Gasteiger charge is 2.25. The van der Waals surface area contributed by atoms with E-state index in [2.05, 4.69) is 4.72 Å². The third kappa shape index (κ3) is 4.96. The Morgan fingerprint density at radius 3 is 2.14 bits per heavy atom. The fourth-order valence-electron chi connectivity index (χ4n) is 1.92. The van der Waals surface area contributed by atoms with Gasteiger partial charge in [0.15, 0.2) is 9.84 Å². The van der Waals surface area contributed by atoms with Crippen molar-refractivity contribution < 1.29 is 21.9 Å². The van der Waals surface area contributed by atoms with Gasteiger partial charge in [0.1, 0.15) is 0 Å². The summed E-state index contributed by atoms with van der Waals surface area (Å²) in [6.07, 6.45) is 1.65.